The molecule has 3 N–H and O–H groups in total. The maximum Gasteiger partial charge on any atom is 0.225 e. The highest BCUT2D eigenvalue weighted by atomic mass is 32.1. The number of guanidine groups is 1. The number of nitrogens with one attached hydrogen (secondary N) is 3. The minimum atomic E-state index is 0.0623. The lowest BCUT2D eigenvalue weighted by Gasteiger charge is -2.26. The Morgan fingerprint density at radius 1 is 1.27 bits per heavy atom. The van der Waals surface area contributed by atoms with Crippen molar-refractivity contribution in [1.82, 2.24) is 15.6 Å². The summed E-state index contributed by atoms with van der Waals surface area (Å²) >= 11 is 3.47. The summed E-state index contributed by atoms with van der Waals surface area (Å²) in [6.07, 6.45) is 1.40. The van der Waals surface area contributed by atoms with Crippen molar-refractivity contribution in [3.63, 3.8) is 0 Å². The van der Waals surface area contributed by atoms with E-state index >= 15 is 0 Å². The zero-order valence-electron chi connectivity index (χ0n) is 17.1. The molecule has 0 radical (unpaired) electrons. The molecule has 3 aromatic rings. The molecule has 3 heterocycles. The molecule has 8 heteroatoms. The van der Waals surface area contributed by atoms with Gasteiger partial charge in [-0.1, -0.05) is 18.2 Å². The lowest BCUT2D eigenvalue weighted by molar-refractivity contribution is -0.116. The minimum absolute atomic E-state index is 0.0623. The zero-order valence-corrected chi connectivity index (χ0v) is 18.7. The first-order chi connectivity index (χ1) is 14.6. The number of benzene rings is 1. The second-order valence-electron chi connectivity index (χ2n) is 7.18. The summed E-state index contributed by atoms with van der Waals surface area (Å²) in [5, 5.41) is 12.9. The first kappa shape index (κ1) is 20.6. The van der Waals surface area contributed by atoms with Crippen LogP contribution in [0.2, 0.25) is 0 Å². The molecule has 0 aliphatic carbocycles. The number of fused-ring (bicyclic) bond motifs is 1. The number of amides is 1. The number of aliphatic imine (C=N–C) groups is 1. The predicted octanol–water partition coefficient (Wildman–Crippen LogP) is 4.01. The van der Waals surface area contributed by atoms with Crippen LogP contribution in [0.15, 0.2) is 46.8 Å². The molecule has 4 rings (SSSR count). The van der Waals surface area contributed by atoms with Crippen LogP contribution in [0.3, 0.4) is 0 Å². The van der Waals surface area contributed by atoms with Gasteiger partial charge in [-0.2, -0.15) is 0 Å². The molecule has 30 heavy (non-hydrogen) atoms. The third-order valence-electron chi connectivity index (χ3n) is 5.04. The Labute approximate surface area is 184 Å². The quantitative estimate of drug-likeness (QED) is 0.401. The summed E-state index contributed by atoms with van der Waals surface area (Å²) in [4.78, 5) is 23.4. The van der Waals surface area contributed by atoms with Crippen LogP contribution in [0.25, 0.3) is 10.6 Å². The van der Waals surface area contributed by atoms with Gasteiger partial charge >= 0.3 is 0 Å². The number of anilines is 1. The van der Waals surface area contributed by atoms with Gasteiger partial charge < -0.3 is 16.0 Å². The summed E-state index contributed by atoms with van der Waals surface area (Å²) < 4.78 is 0. The van der Waals surface area contributed by atoms with E-state index in [9.17, 15) is 4.79 Å². The molecule has 0 fully saturated rings. The highest BCUT2D eigenvalue weighted by Gasteiger charge is 2.24. The topological polar surface area (TPSA) is 78.4 Å². The Hall–Kier alpha value is -2.71. The summed E-state index contributed by atoms with van der Waals surface area (Å²) in [6, 6.07) is 12.3. The molecular weight excluding hydrogens is 414 g/mol. The number of aromatic nitrogens is 1. The fourth-order valence-electron chi connectivity index (χ4n) is 3.56. The van der Waals surface area contributed by atoms with Crippen molar-refractivity contribution in [3.8, 4) is 10.6 Å². The van der Waals surface area contributed by atoms with E-state index in [1.54, 1.807) is 29.7 Å². The second-order valence-corrected chi connectivity index (χ2v) is 9.41. The average molecular weight is 440 g/mol. The molecule has 1 aliphatic rings. The number of hydrogen-bond acceptors (Lipinski definition) is 5. The van der Waals surface area contributed by atoms with Crippen molar-refractivity contribution in [3.05, 3.63) is 57.2 Å². The van der Waals surface area contributed by atoms with E-state index in [1.807, 2.05) is 25.1 Å². The number of thiophene rings is 1. The molecule has 1 unspecified atom stereocenters. The first-order valence-electron chi connectivity index (χ1n) is 9.97. The third-order valence-corrected chi connectivity index (χ3v) is 6.98. The van der Waals surface area contributed by atoms with Crippen LogP contribution in [-0.4, -0.2) is 37.0 Å². The zero-order chi connectivity index (χ0) is 20.9. The van der Waals surface area contributed by atoms with Gasteiger partial charge in [0.1, 0.15) is 0 Å². The smallest absolute Gasteiger partial charge is 0.225 e. The van der Waals surface area contributed by atoms with Crippen LogP contribution in [0.5, 0.6) is 0 Å². The van der Waals surface area contributed by atoms with Crippen molar-refractivity contribution in [2.75, 3.05) is 25.5 Å². The molecule has 2 aromatic heterocycles. The normalized spacial score (nSPS) is 16.1. The number of aryl methyl sites for hydroxylation is 1. The van der Waals surface area contributed by atoms with E-state index in [-0.39, 0.29) is 11.8 Å². The fourth-order valence-corrected chi connectivity index (χ4v) is 5.21. The van der Waals surface area contributed by atoms with Gasteiger partial charge in [0.2, 0.25) is 5.91 Å². The van der Waals surface area contributed by atoms with Crippen LogP contribution < -0.4 is 16.0 Å². The number of carbonyl (C=O) groups excluding carboxylic acids is 1. The molecular formula is C22H25N5OS2. The minimum Gasteiger partial charge on any atom is -0.356 e. The summed E-state index contributed by atoms with van der Waals surface area (Å²) in [6.45, 7) is 3.48. The van der Waals surface area contributed by atoms with Crippen LogP contribution >= 0.6 is 22.7 Å². The van der Waals surface area contributed by atoms with E-state index in [1.165, 1.54) is 15.3 Å². The van der Waals surface area contributed by atoms with E-state index in [0.29, 0.717) is 13.0 Å². The lowest BCUT2D eigenvalue weighted by atomic mass is 9.90. The molecule has 0 saturated carbocycles. The molecule has 6 nitrogen and oxygen atoms in total. The van der Waals surface area contributed by atoms with Crippen LogP contribution in [0.4, 0.5) is 5.69 Å². The Morgan fingerprint density at radius 3 is 2.93 bits per heavy atom. The van der Waals surface area contributed by atoms with Crippen molar-refractivity contribution in [2.45, 2.75) is 25.7 Å². The van der Waals surface area contributed by atoms with Gasteiger partial charge in [-0.15, -0.1) is 22.7 Å². The van der Waals surface area contributed by atoms with E-state index in [2.05, 4.69) is 49.5 Å². The maximum absolute atomic E-state index is 12.0. The van der Waals surface area contributed by atoms with E-state index < -0.39 is 0 Å². The number of rotatable bonds is 6. The largest absolute Gasteiger partial charge is 0.356 e. The van der Waals surface area contributed by atoms with Gasteiger partial charge in [0.25, 0.3) is 0 Å². The number of thiazole rings is 1. The Kier molecular flexibility index (Phi) is 6.44. The van der Waals surface area contributed by atoms with Crippen molar-refractivity contribution >= 4 is 40.2 Å². The summed E-state index contributed by atoms with van der Waals surface area (Å²) in [5.74, 6) is 0.951. The van der Waals surface area contributed by atoms with Gasteiger partial charge in [0.05, 0.1) is 15.6 Å². The first-order valence-corrected chi connectivity index (χ1v) is 11.7. The molecule has 1 atom stereocenters. The number of para-hydroxylation sites is 1. The molecule has 1 amide bonds. The van der Waals surface area contributed by atoms with E-state index in [0.717, 1.165) is 35.3 Å². The standard InChI is InChI=1S/C22H25N5OS2/c1-14-26-19(13-29-14)20-8-7-16(30-20)9-10-24-22(23-2)25-12-15-11-21(28)27-18-6-4-3-5-17(15)18/h3-8,13,15H,9-12H2,1-2H3,(H,27,28)(H2,23,24,25). The van der Waals surface area contributed by atoms with Crippen LogP contribution in [0, 0.1) is 6.92 Å². The third kappa shape index (κ3) is 4.88. The lowest BCUT2D eigenvalue weighted by Crippen LogP contribution is -2.41. The Balaban J connectivity index is 1.28. The highest BCUT2D eigenvalue weighted by Crippen LogP contribution is 2.31. The van der Waals surface area contributed by atoms with Crippen molar-refractivity contribution < 1.29 is 4.79 Å². The second kappa shape index (κ2) is 9.40. The molecule has 0 bridgehead atoms. The average Bonchev–Trinajstić information content (AvgIpc) is 3.39. The van der Waals surface area contributed by atoms with E-state index in [4.69, 9.17) is 0 Å². The fraction of sp³-hybridized carbons (Fsp3) is 0.318. The highest BCUT2D eigenvalue weighted by molar-refractivity contribution is 7.16. The molecule has 156 valence electrons. The summed E-state index contributed by atoms with van der Waals surface area (Å²) in [5.41, 5.74) is 3.15. The molecule has 1 aromatic carbocycles. The van der Waals surface area contributed by atoms with Gasteiger partial charge in [0.15, 0.2) is 5.96 Å². The maximum atomic E-state index is 12.0. The van der Waals surface area contributed by atoms with Gasteiger partial charge in [-0.25, -0.2) is 4.98 Å². The summed E-state index contributed by atoms with van der Waals surface area (Å²) in [7, 11) is 1.77. The van der Waals surface area contributed by atoms with Gasteiger partial charge in [-0.05, 0) is 37.1 Å². The van der Waals surface area contributed by atoms with Crippen molar-refractivity contribution in [1.29, 1.82) is 0 Å². The number of hydrogen-bond donors (Lipinski definition) is 3. The molecule has 1 aliphatic heterocycles. The van der Waals surface area contributed by atoms with Crippen LogP contribution in [0.1, 0.15) is 27.8 Å². The molecule has 0 saturated heterocycles. The predicted molar refractivity (Wildman–Crippen MR) is 126 cm³/mol. The SMILES string of the molecule is CN=C(NCCc1ccc(-c2csc(C)n2)s1)NCC1CC(=O)Nc2ccccc21. The Morgan fingerprint density at radius 2 is 2.13 bits per heavy atom. The number of carbonyl (C=O) groups is 1. The van der Waals surface area contributed by atoms with Gasteiger partial charge in [0, 0.05) is 48.4 Å². The molecule has 0 spiro atoms. The van der Waals surface area contributed by atoms with Crippen LogP contribution in [-0.2, 0) is 11.2 Å². The van der Waals surface area contributed by atoms with Gasteiger partial charge in [-0.3, -0.25) is 9.79 Å². The Bertz CT molecular complexity index is 1060. The number of nitrogens with zero attached hydrogens (tertiary/aromatic N) is 2. The monoisotopic (exact) mass is 439 g/mol. The van der Waals surface area contributed by atoms with Crippen molar-refractivity contribution in [2.24, 2.45) is 4.99 Å².